The number of pyridine rings is 2. The third-order valence-electron chi connectivity index (χ3n) is 7.45. The number of carbonyl (C=O) groups excluding carboxylic acids is 1. The van der Waals surface area contributed by atoms with Gasteiger partial charge in [0.1, 0.15) is 12.0 Å². The predicted octanol–water partition coefficient (Wildman–Crippen LogP) is 6.32. The van der Waals surface area contributed by atoms with Gasteiger partial charge in [-0.2, -0.15) is 5.10 Å². The van der Waals surface area contributed by atoms with E-state index in [0.717, 1.165) is 56.8 Å². The SMILES string of the molecule is CC(C)CC(=O)Nc1cncc(-c2ccc3n[nH]c(C4Nc5cncc(-c6cc(F)cc(NCCN(C)C)c6)c5N4)c3c2)c1. The number of carbonyl (C=O) groups is 1. The fraction of sp³-hybridized carbons (Fsp3) is 0.273. The Morgan fingerprint density at radius 2 is 1.77 bits per heavy atom. The predicted molar refractivity (Wildman–Crippen MR) is 174 cm³/mol. The van der Waals surface area contributed by atoms with Crippen molar-refractivity contribution in [2.75, 3.05) is 48.5 Å². The zero-order valence-electron chi connectivity index (χ0n) is 25.2. The van der Waals surface area contributed by atoms with Crippen molar-refractivity contribution >= 4 is 39.6 Å². The Balaban J connectivity index is 1.26. The molecule has 0 saturated heterocycles. The minimum atomic E-state index is -0.320. The number of H-pyrrole nitrogens is 1. The Morgan fingerprint density at radius 1 is 0.955 bits per heavy atom. The summed E-state index contributed by atoms with van der Waals surface area (Å²) in [6, 6.07) is 12.9. The number of likely N-dealkylation sites (N-methyl/N-ethyl adjacent to an activating group) is 1. The molecule has 0 fully saturated rings. The number of hydrogen-bond acceptors (Lipinski definition) is 8. The Hall–Kier alpha value is -5.03. The first-order chi connectivity index (χ1) is 21.2. The molecule has 0 aliphatic carbocycles. The summed E-state index contributed by atoms with van der Waals surface area (Å²) in [5.74, 6) is -0.0845. The third kappa shape index (κ3) is 6.32. The van der Waals surface area contributed by atoms with Crippen molar-refractivity contribution in [3.63, 3.8) is 0 Å². The zero-order valence-corrected chi connectivity index (χ0v) is 25.2. The highest BCUT2D eigenvalue weighted by Gasteiger charge is 2.27. The molecule has 3 aromatic heterocycles. The maximum Gasteiger partial charge on any atom is 0.224 e. The summed E-state index contributed by atoms with van der Waals surface area (Å²) in [7, 11) is 4.00. The van der Waals surface area contributed by atoms with Crippen LogP contribution in [0.3, 0.4) is 0 Å². The number of amides is 1. The molecule has 1 aliphatic heterocycles. The fourth-order valence-corrected chi connectivity index (χ4v) is 5.37. The zero-order chi connectivity index (χ0) is 30.8. The van der Waals surface area contributed by atoms with Crippen molar-refractivity contribution in [2.45, 2.75) is 26.4 Å². The normalized spacial score (nSPS) is 14.0. The van der Waals surface area contributed by atoms with Gasteiger partial charge in [-0.05, 0) is 67.5 Å². The first kappa shape index (κ1) is 29.1. The van der Waals surface area contributed by atoms with Crippen molar-refractivity contribution in [1.82, 2.24) is 25.1 Å². The summed E-state index contributed by atoms with van der Waals surface area (Å²) in [6.45, 7) is 5.56. The molecule has 1 atom stereocenters. The molecular weight excluding hydrogens is 557 g/mol. The van der Waals surface area contributed by atoms with Gasteiger partial charge in [0.2, 0.25) is 5.91 Å². The second-order valence-corrected chi connectivity index (χ2v) is 11.8. The van der Waals surface area contributed by atoms with Gasteiger partial charge in [-0.15, -0.1) is 0 Å². The van der Waals surface area contributed by atoms with Gasteiger partial charge in [0.05, 0.1) is 40.7 Å². The molecule has 0 saturated carbocycles. The van der Waals surface area contributed by atoms with Gasteiger partial charge in [-0.3, -0.25) is 19.9 Å². The number of nitrogens with zero attached hydrogens (tertiary/aromatic N) is 4. The lowest BCUT2D eigenvalue weighted by Crippen LogP contribution is -2.20. The Morgan fingerprint density at radius 3 is 2.59 bits per heavy atom. The lowest BCUT2D eigenvalue weighted by Gasteiger charge is -2.14. The molecule has 0 bridgehead atoms. The Kier molecular flexibility index (Phi) is 8.12. The molecule has 2 aromatic carbocycles. The Labute approximate surface area is 255 Å². The molecule has 0 radical (unpaired) electrons. The largest absolute Gasteiger partial charge is 0.384 e. The summed E-state index contributed by atoms with van der Waals surface area (Å²) in [5, 5.41) is 22.0. The summed E-state index contributed by atoms with van der Waals surface area (Å²) in [6.07, 6.45) is 7.07. The fourth-order valence-electron chi connectivity index (χ4n) is 5.37. The number of benzene rings is 2. The van der Waals surface area contributed by atoms with E-state index < -0.39 is 0 Å². The van der Waals surface area contributed by atoms with Gasteiger partial charge in [-0.1, -0.05) is 19.9 Å². The van der Waals surface area contributed by atoms with Gasteiger partial charge in [-0.25, -0.2) is 4.39 Å². The molecule has 1 amide bonds. The number of anilines is 4. The van der Waals surface area contributed by atoms with E-state index in [1.807, 2.05) is 52.2 Å². The number of fused-ring (bicyclic) bond motifs is 2. The van der Waals surface area contributed by atoms with E-state index in [9.17, 15) is 9.18 Å². The highest BCUT2D eigenvalue weighted by Crippen LogP contribution is 2.43. The van der Waals surface area contributed by atoms with E-state index in [1.54, 1.807) is 24.8 Å². The molecule has 11 heteroatoms. The maximum atomic E-state index is 14.7. The highest BCUT2D eigenvalue weighted by atomic mass is 19.1. The molecular formula is C33H36FN9O. The lowest BCUT2D eigenvalue weighted by atomic mass is 10.0. The first-order valence-electron chi connectivity index (χ1n) is 14.7. The van der Waals surface area contributed by atoms with Gasteiger partial charge in [0.25, 0.3) is 0 Å². The minimum absolute atomic E-state index is 0.0339. The van der Waals surface area contributed by atoms with E-state index in [2.05, 4.69) is 52.4 Å². The summed E-state index contributed by atoms with van der Waals surface area (Å²) >= 11 is 0. The molecule has 4 heterocycles. The van der Waals surface area contributed by atoms with Crippen LogP contribution in [-0.2, 0) is 4.79 Å². The van der Waals surface area contributed by atoms with Crippen LogP contribution in [0.4, 0.5) is 27.1 Å². The number of nitrogens with one attached hydrogen (secondary N) is 5. The van der Waals surface area contributed by atoms with Gasteiger partial charge < -0.3 is 26.2 Å². The van der Waals surface area contributed by atoms with Crippen molar-refractivity contribution in [3.8, 4) is 22.3 Å². The average Bonchev–Trinajstić information content (AvgIpc) is 3.60. The quantitative estimate of drug-likeness (QED) is 0.128. The number of aromatic amines is 1. The van der Waals surface area contributed by atoms with Crippen molar-refractivity contribution in [2.24, 2.45) is 5.92 Å². The van der Waals surface area contributed by atoms with Crippen molar-refractivity contribution < 1.29 is 9.18 Å². The summed E-state index contributed by atoms with van der Waals surface area (Å²) in [4.78, 5) is 23.2. The van der Waals surface area contributed by atoms with Crippen LogP contribution in [0.1, 0.15) is 32.1 Å². The molecule has 226 valence electrons. The van der Waals surface area contributed by atoms with E-state index >= 15 is 0 Å². The van der Waals surface area contributed by atoms with Gasteiger partial charge in [0.15, 0.2) is 0 Å². The van der Waals surface area contributed by atoms with Crippen LogP contribution in [0.2, 0.25) is 0 Å². The second-order valence-electron chi connectivity index (χ2n) is 11.8. The number of rotatable bonds is 10. The van der Waals surface area contributed by atoms with Crippen LogP contribution in [0.25, 0.3) is 33.2 Å². The van der Waals surface area contributed by atoms with Crippen LogP contribution in [0.5, 0.6) is 0 Å². The van der Waals surface area contributed by atoms with Crippen molar-refractivity contribution in [1.29, 1.82) is 0 Å². The summed E-state index contributed by atoms with van der Waals surface area (Å²) < 4.78 is 14.7. The van der Waals surface area contributed by atoms with Crippen LogP contribution in [0.15, 0.2) is 67.3 Å². The number of halogens is 1. The van der Waals surface area contributed by atoms with E-state index in [-0.39, 0.29) is 23.8 Å². The number of aromatic nitrogens is 4. The standard InChI is InChI=1S/C33H36FN9O/c1-19(2)9-30(44)38-25-12-22(15-35-16-25)20-5-6-28-26(13-20)32(42-41-28)33-39-29-18-36-17-27(31(29)40-33)21-10-23(34)14-24(11-21)37-7-8-43(3)4/h5-6,10-19,33,37,39-40H,7-9H2,1-4H3,(H,38,44)(H,41,42). The number of hydrogen-bond donors (Lipinski definition) is 5. The first-order valence-corrected chi connectivity index (χ1v) is 14.7. The smallest absolute Gasteiger partial charge is 0.224 e. The van der Waals surface area contributed by atoms with Crippen LogP contribution < -0.4 is 21.3 Å². The van der Waals surface area contributed by atoms with Gasteiger partial charge in [0, 0.05) is 54.1 Å². The average molecular weight is 594 g/mol. The van der Waals surface area contributed by atoms with Crippen molar-refractivity contribution in [3.05, 3.63) is 78.8 Å². The maximum absolute atomic E-state index is 14.7. The molecule has 10 nitrogen and oxygen atoms in total. The van der Waals surface area contributed by atoms with E-state index in [1.165, 1.54) is 12.1 Å². The molecule has 6 rings (SSSR count). The lowest BCUT2D eigenvalue weighted by molar-refractivity contribution is -0.116. The second kappa shape index (κ2) is 12.3. The monoisotopic (exact) mass is 593 g/mol. The molecule has 44 heavy (non-hydrogen) atoms. The van der Waals surface area contributed by atoms with E-state index in [0.29, 0.717) is 24.3 Å². The van der Waals surface area contributed by atoms with Gasteiger partial charge >= 0.3 is 0 Å². The molecule has 1 unspecified atom stereocenters. The van der Waals surface area contributed by atoms with E-state index in [4.69, 9.17) is 0 Å². The highest BCUT2D eigenvalue weighted by molar-refractivity contribution is 5.94. The minimum Gasteiger partial charge on any atom is -0.384 e. The van der Waals surface area contributed by atoms with Crippen LogP contribution >= 0.6 is 0 Å². The Bertz CT molecular complexity index is 1820. The molecule has 5 aromatic rings. The third-order valence-corrected chi connectivity index (χ3v) is 7.45. The van der Waals surface area contributed by atoms with Crippen LogP contribution in [0, 0.1) is 11.7 Å². The molecule has 0 spiro atoms. The topological polar surface area (TPSA) is 123 Å². The molecule has 1 aliphatic rings. The van der Waals surface area contributed by atoms with Crippen LogP contribution in [-0.4, -0.2) is 58.2 Å². The molecule has 5 N–H and O–H groups in total. The summed E-state index contributed by atoms with van der Waals surface area (Å²) in [5.41, 5.74) is 8.02.